The van der Waals surface area contributed by atoms with Gasteiger partial charge in [-0.1, -0.05) is 7.43 Å². The average molecular weight is 357 g/mol. The van der Waals surface area contributed by atoms with Crippen LogP contribution < -0.4 is 15.0 Å². The van der Waals surface area contributed by atoms with Gasteiger partial charge in [-0.25, -0.2) is 0 Å². The molecule has 1 aromatic rings. The first-order valence-electron chi connectivity index (χ1n) is 7.23. The summed E-state index contributed by atoms with van der Waals surface area (Å²) in [5, 5.41) is 3.46. The lowest BCUT2D eigenvalue weighted by Gasteiger charge is -2.33. The summed E-state index contributed by atoms with van der Waals surface area (Å²) >= 11 is 3.77. The van der Waals surface area contributed by atoms with Crippen molar-refractivity contribution >= 4 is 21.6 Å². The summed E-state index contributed by atoms with van der Waals surface area (Å²) in [7, 11) is 1.75. The van der Waals surface area contributed by atoms with E-state index in [1.165, 1.54) is 16.8 Å². The van der Waals surface area contributed by atoms with E-state index in [0.717, 1.165) is 62.5 Å². The molecule has 118 valence electrons. The summed E-state index contributed by atoms with van der Waals surface area (Å²) in [5.41, 5.74) is 4.05. The van der Waals surface area contributed by atoms with Gasteiger partial charge in [-0.3, -0.25) is 0 Å². The number of benzene rings is 1. The molecule has 2 aliphatic heterocycles. The molecule has 21 heavy (non-hydrogen) atoms. The summed E-state index contributed by atoms with van der Waals surface area (Å²) in [4.78, 5) is 2.37. The third-order valence-electron chi connectivity index (χ3n) is 4.03. The maximum atomic E-state index is 5.92. The van der Waals surface area contributed by atoms with Crippen LogP contribution in [-0.2, 0) is 17.6 Å². The Morgan fingerprint density at radius 3 is 3.00 bits per heavy atom. The highest BCUT2D eigenvalue weighted by Crippen LogP contribution is 2.42. The second-order valence-corrected chi connectivity index (χ2v) is 6.05. The van der Waals surface area contributed by atoms with Crippen LogP contribution in [0.3, 0.4) is 0 Å². The zero-order valence-electron chi connectivity index (χ0n) is 11.9. The molecule has 0 unspecified atom stereocenters. The van der Waals surface area contributed by atoms with Crippen molar-refractivity contribution in [1.82, 2.24) is 5.32 Å². The molecule has 0 spiro atoms. The predicted octanol–water partition coefficient (Wildman–Crippen LogP) is 2.62. The van der Waals surface area contributed by atoms with Crippen molar-refractivity contribution < 1.29 is 9.47 Å². The fraction of sp³-hybridized carbons (Fsp3) is 0.625. The van der Waals surface area contributed by atoms with Gasteiger partial charge < -0.3 is 19.7 Å². The third kappa shape index (κ3) is 3.35. The second-order valence-electron chi connectivity index (χ2n) is 5.25. The fourth-order valence-corrected chi connectivity index (χ4v) is 3.72. The molecule has 0 saturated carbocycles. The quantitative estimate of drug-likeness (QED) is 0.902. The number of halogens is 1. The number of fused-ring (bicyclic) bond motifs is 2. The molecule has 0 atom stereocenters. The van der Waals surface area contributed by atoms with Crippen LogP contribution in [0.5, 0.6) is 5.75 Å². The monoisotopic (exact) mass is 356 g/mol. The Hall–Kier alpha value is -0.780. The normalized spacial score (nSPS) is 17.1. The van der Waals surface area contributed by atoms with E-state index in [1.54, 1.807) is 7.11 Å². The van der Waals surface area contributed by atoms with Crippen molar-refractivity contribution in [3.05, 3.63) is 21.7 Å². The van der Waals surface area contributed by atoms with Gasteiger partial charge in [-0.15, -0.1) is 0 Å². The minimum absolute atomic E-state index is 0. The number of rotatable bonds is 3. The highest BCUT2D eigenvalue weighted by molar-refractivity contribution is 9.10. The lowest BCUT2D eigenvalue weighted by atomic mass is 10.0. The lowest BCUT2D eigenvalue weighted by Crippen LogP contribution is -2.35. The Labute approximate surface area is 135 Å². The minimum atomic E-state index is 0. The zero-order valence-corrected chi connectivity index (χ0v) is 13.5. The molecule has 0 fully saturated rings. The van der Waals surface area contributed by atoms with Gasteiger partial charge in [-0.2, -0.15) is 0 Å². The molecule has 0 saturated heterocycles. The molecular weight excluding hydrogens is 332 g/mol. The van der Waals surface area contributed by atoms with Crippen LogP contribution >= 0.6 is 15.9 Å². The van der Waals surface area contributed by atoms with Crippen LogP contribution in [0.1, 0.15) is 18.6 Å². The van der Waals surface area contributed by atoms with Gasteiger partial charge >= 0.3 is 0 Å². The lowest BCUT2D eigenvalue weighted by molar-refractivity contribution is 0.201. The van der Waals surface area contributed by atoms with E-state index in [1.807, 2.05) is 0 Å². The molecule has 0 aromatic heterocycles. The first kappa shape index (κ1) is 16.6. The summed E-state index contributed by atoms with van der Waals surface area (Å²) in [6.45, 7) is 5.42. The first-order chi connectivity index (χ1) is 9.81. The molecule has 4 nitrogen and oxygen atoms in total. The Bertz CT molecular complexity index is 494. The summed E-state index contributed by atoms with van der Waals surface area (Å²) in [6.07, 6.45) is 2.14. The predicted molar refractivity (Wildman–Crippen MR) is 90.7 cm³/mol. The van der Waals surface area contributed by atoms with Gasteiger partial charge in [0.05, 0.1) is 23.3 Å². The van der Waals surface area contributed by atoms with Crippen LogP contribution in [0.2, 0.25) is 0 Å². The Kier molecular flexibility index (Phi) is 5.90. The topological polar surface area (TPSA) is 33.7 Å². The molecule has 0 amide bonds. The number of anilines is 1. The number of nitrogens with zero attached hydrogens (tertiary/aromatic N) is 1. The first-order valence-corrected chi connectivity index (χ1v) is 8.02. The standard InChI is InChI=1S/C15H21BrN2O2.CH4/c1-19-8-6-18-7-9-20-15-13(18)10-11-2-4-17-5-3-12(11)14(15)16;/h10,17H,2-9H2,1H3;1H4. The van der Waals surface area contributed by atoms with Crippen LogP contribution in [0.25, 0.3) is 0 Å². The smallest absolute Gasteiger partial charge is 0.157 e. The average Bonchev–Trinajstić information content (AvgIpc) is 2.71. The summed E-state index contributed by atoms with van der Waals surface area (Å²) in [6, 6.07) is 2.32. The SMILES string of the molecule is C.COCCN1CCOc2c1cc1c(c2Br)CCNCC1. The van der Waals surface area contributed by atoms with Crippen molar-refractivity contribution in [2.45, 2.75) is 20.3 Å². The van der Waals surface area contributed by atoms with Crippen LogP contribution in [-0.4, -0.2) is 46.5 Å². The van der Waals surface area contributed by atoms with E-state index in [-0.39, 0.29) is 7.43 Å². The molecule has 5 heteroatoms. The summed E-state index contributed by atoms with van der Waals surface area (Å²) < 4.78 is 12.3. The van der Waals surface area contributed by atoms with Gasteiger partial charge in [0, 0.05) is 13.7 Å². The largest absolute Gasteiger partial charge is 0.488 e. The van der Waals surface area contributed by atoms with Crippen molar-refractivity contribution in [3.63, 3.8) is 0 Å². The van der Waals surface area contributed by atoms with Crippen LogP contribution in [0.4, 0.5) is 5.69 Å². The highest BCUT2D eigenvalue weighted by Gasteiger charge is 2.25. The van der Waals surface area contributed by atoms with E-state index in [2.05, 4.69) is 32.2 Å². The van der Waals surface area contributed by atoms with Crippen LogP contribution in [0, 0.1) is 0 Å². The zero-order chi connectivity index (χ0) is 13.9. The van der Waals surface area contributed by atoms with Crippen molar-refractivity contribution in [2.24, 2.45) is 0 Å². The Morgan fingerprint density at radius 2 is 2.19 bits per heavy atom. The molecule has 0 aliphatic carbocycles. The number of nitrogens with one attached hydrogen (secondary N) is 1. The van der Waals surface area contributed by atoms with Gasteiger partial charge in [0.2, 0.25) is 0 Å². The third-order valence-corrected chi connectivity index (χ3v) is 4.87. The van der Waals surface area contributed by atoms with Crippen molar-refractivity contribution in [1.29, 1.82) is 0 Å². The number of hydrogen-bond acceptors (Lipinski definition) is 4. The molecule has 2 heterocycles. The maximum absolute atomic E-state index is 5.92. The van der Waals surface area contributed by atoms with Crippen LogP contribution in [0.15, 0.2) is 10.5 Å². The van der Waals surface area contributed by atoms with E-state index >= 15 is 0 Å². The van der Waals surface area contributed by atoms with Gasteiger partial charge in [-0.05, 0) is 59.1 Å². The molecule has 2 aliphatic rings. The highest BCUT2D eigenvalue weighted by atomic mass is 79.9. The summed E-state index contributed by atoms with van der Waals surface area (Å²) in [5.74, 6) is 1.01. The molecule has 0 radical (unpaired) electrons. The molecule has 1 N–H and O–H groups in total. The molecule has 0 bridgehead atoms. The number of hydrogen-bond donors (Lipinski definition) is 1. The van der Waals surface area contributed by atoms with E-state index < -0.39 is 0 Å². The fourth-order valence-electron chi connectivity index (χ4n) is 2.95. The number of ether oxygens (including phenoxy) is 2. The minimum Gasteiger partial charge on any atom is -0.488 e. The van der Waals surface area contributed by atoms with E-state index in [9.17, 15) is 0 Å². The molecular formula is C16H25BrN2O2. The Morgan fingerprint density at radius 1 is 1.38 bits per heavy atom. The second kappa shape index (κ2) is 7.47. The maximum Gasteiger partial charge on any atom is 0.157 e. The van der Waals surface area contributed by atoms with Crippen molar-refractivity contribution in [3.8, 4) is 5.75 Å². The van der Waals surface area contributed by atoms with E-state index in [0.29, 0.717) is 0 Å². The molecule has 3 rings (SSSR count). The van der Waals surface area contributed by atoms with E-state index in [4.69, 9.17) is 9.47 Å². The van der Waals surface area contributed by atoms with Gasteiger partial charge in [0.15, 0.2) is 5.75 Å². The van der Waals surface area contributed by atoms with Gasteiger partial charge in [0.25, 0.3) is 0 Å². The molecule has 1 aromatic carbocycles. The Balaban J connectivity index is 0.00000161. The van der Waals surface area contributed by atoms with Crippen molar-refractivity contribution in [2.75, 3.05) is 51.4 Å². The van der Waals surface area contributed by atoms with Gasteiger partial charge in [0.1, 0.15) is 6.61 Å². The number of methoxy groups -OCH3 is 1.